The van der Waals surface area contributed by atoms with E-state index in [1.54, 1.807) is 34.1 Å². The van der Waals surface area contributed by atoms with Crippen LogP contribution in [-0.4, -0.2) is 37.0 Å². The molecule has 132 valence electrons. The van der Waals surface area contributed by atoms with E-state index in [9.17, 15) is 18.0 Å². The summed E-state index contributed by atoms with van der Waals surface area (Å²) in [5.74, 6) is 0.290. The third kappa shape index (κ3) is 4.04. The van der Waals surface area contributed by atoms with Crippen molar-refractivity contribution in [2.45, 2.75) is 6.18 Å². The molecule has 25 heavy (non-hydrogen) atoms. The van der Waals surface area contributed by atoms with E-state index in [0.29, 0.717) is 42.6 Å². The molecular formula is C17H16ClF3N3O+. The molecule has 1 saturated heterocycles. The predicted octanol–water partition coefficient (Wildman–Crippen LogP) is 3.14. The molecule has 1 N–H and O–H groups in total. The van der Waals surface area contributed by atoms with Crippen LogP contribution in [0.25, 0.3) is 0 Å². The van der Waals surface area contributed by atoms with Crippen molar-refractivity contribution < 1.29 is 22.9 Å². The second-order valence-corrected chi connectivity index (χ2v) is 6.18. The number of pyridine rings is 1. The second kappa shape index (κ2) is 6.92. The Morgan fingerprint density at radius 2 is 1.68 bits per heavy atom. The summed E-state index contributed by atoms with van der Waals surface area (Å²) in [4.78, 5) is 18.8. The molecule has 8 heteroatoms. The number of rotatable bonds is 2. The van der Waals surface area contributed by atoms with Crippen LogP contribution in [0.3, 0.4) is 0 Å². The molecule has 1 aromatic carbocycles. The number of halogens is 4. The minimum atomic E-state index is -4.38. The number of hydrogen-bond donors (Lipinski definition) is 0. The highest BCUT2D eigenvalue weighted by atomic mass is 35.5. The van der Waals surface area contributed by atoms with Gasteiger partial charge >= 0.3 is 6.18 Å². The van der Waals surface area contributed by atoms with Gasteiger partial charge in [0.25, 0.3) is 11.7 Å². The van der Waals surface area contributed by atoms with E-state index in [1.165, 1.54) is 6.20 Å². The third-order valence-corrected chi connectivity index (χ3v) is 4.36. The van der Waals surface area contributed by atoms with E-state index in [4.69, 9.17) is 11.6 Å². The molecule has 0 bridgehead atoms. The normalized spacial score (nSPS) is 15.4. The average molecular weight is 371 g/mol. The minimum Gasteiger partial charge on any atom is -0.331 e. The topological polar surface area (TPSA) is 37.7 Å². The molecule has 0 aliphatic carbocycles. The number of amides is 1. The molecule has 0 radical (unpaired) electrons. The highest BCUT2D eigenvalue weighted by Crippen LogP contribution is 2.30. The van der Waals surface area contributed by atoms with Crippen LogP contribution in [-0.2, 0) is 6.18 Å². The summed E-state index contributed by atoms with van der Waals surface area (Å²) in [7, 11) is 0. The Morgan fingerprint density at radius 1 is 1.04 bits per heavy atom. The standard InChI is InChI=1S/C17H15ClF3N3O/c18-14-3-1-12(2-4-14)16(25)24-9-7-23(8-10-24)15-11-13(5-6-22-15)17(19,20)21/h1-6,11H,7-10H2/p+1. The van der Waals surface area contributed by atoms with Crippen molar-refractivity contribution in [1.82, 2.24) is 4.90 Å². The number of benzene rings is 1. The molecule has 1 amide bonds. The van der Waals surface area contributed by atoms with Gasteiger partial charge in [-0.15, -0.1) is 0 Å². The Labute approximate surface area is 147 Å². The molecule has 1 aliphatic heterocycles. The van der Waals surface area contributed by atoms with Gasteiger partial charge in [-0.1, -0.05) is 11.6 Å². The van der Waals surface area contributed by atoms with Gasteiger partial charge in [0.05, 0.1) is 24.8 Å². The van der Waals surface area contributed by atoms with E-state index >= 15 is 0 Å². The number of nitrogens with one attached hydrogen (secondary N) is 1. The van der Waals surface area contributed by atoms with Crippen molar-refractivity contribution in [2.75, 3.05) is 31.1 Å². The average Bonchev–Trinajstić information content (AvgIpc) is 2.61. The lowest BCUT2D eigenvalue weighted by molar-refractivity contribution is -0.365. The van der Waals surface area contributed by atoms with Gasteiger partial charge in [-0.25, -0.2) is 4.98 Å². The number of nitrogens with zero attached hydrogens (tertiary/aromatic N) is 2. The lowest BCUT2D eigenvalue weighted by atomic mass is 10.1. The smallest absolute Gasteiger partial charge is 0.331 e. The Morgan fingerprint density at radius 3 is 2.28 bits per heavy atom. The minimum absolute atomic E-state index is 0.107. The van der Waals surface area contributed by atoms with Crippen molar-refractivity contribution in [2.24, 2.45) is 0 Å². The first-order valence-electron chi connectivity index (χ1n) is 7.73. The Balaban J connectivity index is 1.66. The summed E-state index contributed by atoms with van der Waals surface area (Å²) in [6.45, 7) is 1.78. The molecule has 3 rings (SSSR count). The fraction of sp³-hybridized carbons (Fsp3) is 0.294. The first-order valence-corrected chi connectivity index (χ1v) is 8.11. The van der Waals surface area contributed by atoms with Gasteiger partial charge < -0.3 is 4.90 Å². The Hall–Kier alpha value is -2.28. The lowest BCUT2D eigenvalue weighted by Gasteiger charge is -2.31. The Bertz CT molecular complexity index is 756. The first kappa shape index (κ1) is 17.5. The number of alkyl halides is 3. The molecule has 1 aliphatic rings. The van der Waals surface area contributed by atoms with Gasteiger partial charge in [0.2, 0.25) is 0 Å². The molecule has 1 fully saturated rings. The van der Waals surface area contributed by atoms with Crippen molar-refractivity contribution in [1.29, 1.82) is 0 Å². The van der Waals surface area contributed by atoms with Crippen LogP contribution >= 0.6 is 11.6 Å². The summed E-state index contributed by atoms with van der Waals surface area (Å²) in [5, 5.41) is 0.557. The van der Waals surface area contributed by atoms with Crippen molar-refractivity contribution in [3.05, 3.63) is 58.7 Å². The van der Waals surface area contributed by atoms with E-state index < -0.39 is 11.7 Å². The number of piperazine rings is 1. The van der Waals surface area contributed by atoms with Crippen molar-refractivity contribution >= 4 is 23.3 Å². The Kier molecular flexibility index (Phi) is 4.85. The second-order valence-electron chi connectivity index (χ2n) is 5.75. The van der Waals surface area contributed by atoms with Crippen LogP contribution in [0, 0.1) is 0 Å². The summed E-state index contributed by atoms with van der Waals surface area (Å²) < 4.78 is 38.5. The quantitative estimate of drug-likeness (QED) is 0.814. The number of hydrogen-bond acceptors (Lipinski definition) is 2. The van der Waals surface area contributed by atoms with Crippen LogP contribution in [0.4, 0.5) is 19.0 Å². The maximum Gasteiger partial charge on any atom is 0.416 e. The maximum absolute atomic E-state index is 12.8. The molecule has 4 nitrogen and oxygen atoms in total. The van der Waals surface area contributed by atoms with Crippen LogP contribution in [0.1, 0.15) is 15.9 Å². The SMILES string of the molecule is O=C(c1ccc(Cl)cc1)N1CCN(c2cc(C(F)(F)F)cc[nH+]2)CC1. The lowest BCUT2D eigenvalue weighted by Crippen LogP contribution is -2.50. The zero-order valence-corrected chi connectivity index (χ0v) is 13.9. The fourth-order valence-corrected chi connectivity index (χ4v) is 2.86. The molecule has 0 unspecified atom stereocenters. The number of carbonyl (C=O) groups is 1. The van der Waals surface area contributed by atoms with E-state index in [1.807, 2.05) is 0 Å². The number of H-pyrrole nitrogens is 1. The highest BCUT2D eigenvalue weighted by Gasteiger charge is 2.33. The first-order chi connectivity index (χ1) is 11.8. The van der Waals surface area contributed by atoms with Crippen molar-refractivity contribution in [3.8, 4) is 0 Å². The van der Waals surface area contributed by atoms with Crippen LogP contribution in [0.5, 0.6) is 0 Å². The number of aromatic amines is 1. The zero-order valence-electron chi connectivity index (χ0n) is 13.2. The van der Waals surface area contributed by atoms with Crippen molar-refractivity contribution in [3.63, 3.8) is 0 Å². The molecule has 0 atom stereocenters. The van der Waals surface area contributed by atoms with Crippen LogP contribution < -0.4 is 9.88 Å². The summed E-state index contributed by atoms with van der Waals surface area (Å²) >= 11 is 5.82. The van der Waals surface area contributed by atoms with Gasteiger partial charge in [-0.3, -0.25) is 9.69 Å². The molecule has 0 saturated carbocycles. The van der Waals surface area contributed by atoms with E-state index in [0.717, 1.165) is 12.1 Å². The van der Waals surface area contributed by atoms with Gasteiger partial charge in [0, 0.05) is 16.7 Å². The summed E-state index contributed by atoms with van der Waals surface area (Å²) in [6, 6.07) is 8.74. The molecule has 1 aromatic heterocycles. The molecule has 2 aromatic rings. The summed E-state index contributed by atoms with van der Waals surface area (Å²) in [5.41, 5.74) is -0.149. The van der Waals surface area contributed by atoms with Gasteiger partial charge in [0.1, 0.15) is 13.1 Å². The fourth-order valence-electron chi connectivity index (χ4n) is 2.74. The largest absolute Gasteiger partial charge is 0.416 e. The van der Waals surface area contributed by atoms with Crippen LogP contribution in [0.2, 0.25) is 5.02 Å². The molecular weight excluding hydrogens is 355 g/mol. The van der Waals surface area contributed by atoms with Gasteiger partial charge in [-0.2, -0.15) is 13.2 Å². The summed E-state index contributed by atoms with van der Waals surface area (Å²) in [6.07, 6.45) is -3.10. The van der Waals surface area contributed by atoms with Gasteiger partial charge in [-0.05, 0) is 30.3 Å². The predicted molar refractivity (Wildman–Crippen MR) is 87.6 cm³/mol. The molecule has 2 heterocycles. The third-order valence-electron chi connectivity index (χ3n) is 4.11. The van der Waals surface area contributed by atoms with Crippen LogP contribution in [0.15, 0.2) is 42.6 Å². The molecule has 0 spiro atoms. The highest BCUT2D eigenvalue weighted by molar-refractivity contribution is 6.30. The number of carbonyl (C=O) groups excluding carboxylic acids is 1. The number of anilines is 1. The monoisotopic (exact) mass is 370 g/mol. The van der Waals surface area contributed by atoms with Gasteiger partial charge in [0.15, 0.2) is 0 Å². The number of aromatic nitrogens is 1. The maximum atomic E-state index is 12.8. The van der Waals surface area contributed by atoms with E-state index in [2.05, 4.69) is 4.98 Å². The zero-order chi connectivity index (χ0) is 18.0. The van der Waals surface area contributed by atoms with E-state index in [-0.39, 0.29) is 5.91 Å².